The fourth-order valence-electron chi connectivity index (χ4n) is 3.65. The second-order valence-electron chi connectivity index (χ2n) is 6.73. The van der Waals surface area contributed by atoms with Gasteiger partial charge >= 0.3 is 6.03 Å². The minimum atomic E-state index is -0.233. The number of benzene rings is 1. The van der Waals surface area contributed by atoms with Crippen molar-refractivity contribution < 1.29 is 23.7 Å². The quantitative estimate of drug-likeness (QED) is 0.728. The van der Waals surface area contributed by atoms with Gasteiger partial charge in [0.2, 0.25) is 0 Å². The molecule has 2 N–H and O–H groups in total. The van der Waals surface area contributed by atoms with Gasteiger partial charge in [0, 0.05) is 25.2 Å². The molecule has 1 aromatic carbocycles. The van der Waals surface area contributed by atoms with E-state index in [4.69, 9.17) is 18.9 Å². The molecule has 0 saturated carbocycles. The molecule has 2 amide bonds. The van der Waals surface area contributed by atoms with E-state index in [1.807, 2.05) is 24.3 Å². The van der Waals surface area contributed by atoms with Gasteiger partial charge in [0.25, 0.3) is 0 Å². The Morgan fingerprint density at radius 3 is 2.65 bits per heavy atom. The lowest BCUT2D eigenvalue weighted by atomic mass is 9.75. The number of carbonyl (C=O) groups excluding carboxylic acids is 1. The summed E-state index contributed by atoms with van der Waals surface area (Å²) in [6.45, 7) is 3.39. The molecular formula is C19H28N2O5. The van der Waals surface area contributed by atoms with Crippen LogP contribution in [0.2, 0.25) is 0 Å². The number of hydrogen-bond acceptors (Lipinski definition) is 5. The van der Waals surface area contributed by atoms with E-state index in [1.165, 1.54) is 0 Å². The molecule has 2 fully saturated rings. The average molecular weight is 364 g/mol. The molecule has 2 saturated heterocycles. The fraction of sp³-hybridized carbons (Fsp3) is 0.632. The van der Waals surface area contributed by atoms with Crippen LogP contribution in [0.1, 0.15) is 25.7 Å². The van der Waals surface area contributed by atoms with Gasteiger partial charge in [0.1, 0.15) is 5.75 Å². The Morgan fingerprint density at radius 2 is 1.92 bits per heavy atom. The molecule has 2 aliphatic rings. The number of urea groups is 1. The Hall–Kier alpha value is -1.83. The van der Waals surface area contributed by atoms with Gasteiger partial charge in [-0.3, -0.25) is 0 Å². The summed E-state index contributed by atoms with van der Waals surface area (Å²) in [6, 6.07) is 7.11. The summed E-state index contributed by atoms with van der Waals surface area (Å²) in [4.78, 5) is 12.1. The molecule has 26 heavy (non-hydrogen) atoms. The van der Waals surface area contributed by atoms with Crippen LogP contribution in [0.4, 0.5) is 10.5 Å². The SMILES string of the molecule is COc1ccccc1NC(=O)NCCCC1(C2OCCO2)CCOCC1. The molecule has 0 atom stereocenters. The molecule has 0 unspecified atom stereocenters. The first-order valence-corrected chi connectivity index (χ1v) is 9.22. The van der Waals surface area contributed by atoms with Crippen LogP contribution < -0.4 is 15.4 Å². The number of methoxy groups -OCH3 is 1. The first-order valence-electron chi connectivity index (χ1n) is 9.22. The molecule has 1 aromatic rings. The lowest BCUT2D eigenvalue weighted by Crippen LogP contribution is -2.42. The largest absolute Gasteiger partial charge is 0.495 e. The number of hydrogen-bond donors (Lipinski definition) is 2. The fourth-order valence-corrected chi connectivity index (χ4v) is 3.65. The average Bonchev–Trinajstić information content (AvgIpc) is 3.22. The van der Waals surface area contributed by atoms with Crippen molar-refractivity contribution in [3.05, 3.63) is 24.3 Å². The van der Waals surface area contributed by atoms with Gasteiger partial charge in [0.15, 0.2) is 6.29 Å². The molecule has 2 aliphatic heterocycles. The van der Waals surface area contributed by atoms with Crippen LogP contribution >= 0.6 is 0 Å². The van der Waals surface area contributed by atoms with E-state index in [-0.39, 0.29) is 17.7 Å². The molecule has 0 aliphatic carbocycles. The van der Waals surface area contributed by atoms with Crippen molar-refractivity contribution in [3.63, 3.8) is 0 Å². The third-order valence-electron chi connectivity index (χ3n) is 5.10. The molecule has 7 heteroatoms. The monoisotopic (exact) mass is 364 g/mol. The highest BCUT2D eigenvalue weighted by atomic mass is 16.7. The molecule has 3 rings (SSSR count). The topological polar surface area (TPSA) is 78.1 Å². The molecule has 144 valence electrons. The number of amides is 2. The molecule has 2 heterocycles. The maximum atomic E-state index is 12.1. The van der Waals surface area contributed by atoms with Crippen LogP contribution in [-0.2, 0) is 14.2 Å². The summed E-state index contributed by atoms with van der Waals surface area (Å²) in [6.07, 6.45) is 3.53. The van der Waals surface area contributed by atoms with Crippen molar-refractivity contribution in [1.29, 1.82) is 0 Å². The van der Waals surface area contributed by atoms with Crippen molar-refractivity contribution in [2.24, 2.45) is 5.41 Å². The molecular weight excluding hydrogens is 336 g/mol. The van der Waals surface area contributed by atoms with Crippen molar-refractivity contribution in [2.45, 2.75) is 32.0 Å². The van der Waals surface area contributed by atoms with E-state index in [9.17, 15) is 4.79 Å². The highest BCUT2D eigenvalue weighted by Gasteiger charge is 2.43. The van der Waals surface area contributed by atoms with Crippen molar-refractivity contribution >= 4 is 11.7 Å². The van der Waals surface area contributed by atoms with E-state index >= 15 is 0 Å². The maximum absolute atomic E-state index is 12.1. The predicted molar refractivity (Wildman–Crippen MR) is 97.4 cm³/mol. The van der Waals surface area contributed by atoms with Gasteiger partial charge in [-0.2, -0.15) is 0 Å². The number of para-hydroxylation sites is 2. The lowest BCUT2D eigenvalue weighted by molar-refractivity contribution is -0.168. The Labute approximate surface area is 154 Å². The van der Waals surface area contributed by atoms with Crippen LogP contribution in [0.5, 0.6) is 5.75 Å². The van der Waals surface area contributed by atoms with Crippen LogP contribution in [0.15, 0.2) is 24.3 Å². The summed E-state index contributed by atoms with van der Waals surface area (Å²) < 4.78 is 22.3. The number of ether oxygens (including phenoxy) is 4. The van der Waals surface area contributed by atoms with Crippen molar-refractivity contribution in [2.75, 3.05) is 45.4 Å². The third kappa shape index (κ3) is 4.66. The van der Waals surface area contributed by atoms with E-state index in [2.05, 4.69) is 10.6 Å². The van der Waals surface area contributed by atoms with Crippen molar-refractivity contribution in [3.8, 4) is 5.75 Å². The van der Waals surface area contributed by atoms with E-state index in [1.54, 1.807) is 7.11 Å². The second kappa shape index (κ2) is 9.21. The van der Waals surface area contributed by atoms with E-state index in [0.717, 1.165) is 38.9 Å². The number of rotatable bonds is 7. The van der Waals surface area contributed by atoms with Crippen LogP contribution in [0.25, 0.3) is 0 Å². The number of anilines is 1. The van der Waals surface area contributed by atoms with Gasteiger partial charge in [0.05, 0.1) is 26.0 Å². The lowest BCUT2D eigenvalue weighted by Gasteiger charge is -2.40. The van der Waals surface area contributed by atoms with Crippen LogP contribution in [0, 0.1) is 5.41 Å². The Morgan fingerprint density at radius 1 is 1.19 bits per heavy atom. The van der Waals surface area contributed by atoms with Gasteiger partial charge in [-0.1, -0.05) is 12.1 Å². The van der Waals surface area contributed by atoms with E-state index in [0.29, 0.717) is 31.2 Å². The molecule has 0 aromatic heterocycles. The summed E-state index contributed by atoms with van der Waals surface area (Å²) in [5.74, 6) is 0.638. The second-order valence-corrected chi connectivity index (χ2v) is 6.73. The number of carbonyl (C=O) groups is 1. The maximum Gasteiger partial charge on any atom is 0.319 e. The molecule has 0 spiro atoms. The Kier molecular flexibility index (Phi) is 6.71. The zero-order valence-electron chi connectivity index (χ0n) is 15.3. The summed E-state index contributed by atoms with van der Waals surface area (Å²) >= 11 is 0. The van der Waals surface area contributed by atoms with Gasteiger partial charge in [-0.15, -0.1) is 0 Å². The Bertz CT molecular complexity index is 583. The summed E-state index contributed by atoms with van der Waals surface area (Å²) in [5.41, 5.74) is 0.649. The smallest absolute Gasteiger partial charge is 0.319 e. The summed E-state index contributed by atoms with van der Waals surface area (Å²) in [5, 5.41) is 5.73. The molecule has 0 radical (unpaired) electrons. The minimum absolute atomic E-state index is 0.00441. The highest BCUT2D eigenvalue weighted by Crippen LogP contribution is 2.42. The van der Waals surface area contributed by atoms with Crippen LogP contribution in [0.3, 0.4) is 0 Å². The zero-order chi connectivity index (χ0) is 18.2. The van der Waals surface area contributed by atoms with Crippen molar-refractivity contribution in [1.82, 2.24) is 5.32 Å². The van der Waals surface area contributed by atoms with Gasteiger partial charge in [-0.05, 0) is 37.8 Å². The van der Waals surface area contributed by atoms with Crippen LogP contribution in [-0.4, -0.2) is 52.4 Å². The van der Waals surface area contributed by atoms with Gasteiger partial charge < -0.3 is 29.6 Å². The Balaban J connectivity index is 1.45. The van der Waals surface area contributed by atoms with E-state index < -0.39 is 0 Å². The minimum Gasteiger partial charge on any atom is -0.495 e. The zero-order valence-corrected chi connectivity index (χ0v) is 15.3. The normalized spacial score (nSPS) is 19.9. The summed E-state index contributed by atoms with van der Waals surface area (Å²) in [7, 11) is 1.58. The number of nitrogens with one attached hydrogen (secondary N) is 2. The predicted octanol–water partition coefficient (Wildman–Crippen LogP) is 2.77. The standard InChI is InChI=1S/C19H28N2O5/c1-23-16-6-3-2-5-15(16)21-18(22)20-10-4-7-19(8-11-24-12-9-19)17-25-13-14-26-17/h2-3,5-6,17H,4,7-14H2,1H3,(H2,20,21,22). The molecule has 0 bridgehead atoms. The van der Waals surface area contributed by atoms with Gasteiger partial charge in [-0.25, -0.2) is 4.79 Å². The first kappa shape index (κ1) is 18.9. The highest BCUT2D eigenvalue weighted by molar-refractivity contribution is 5.90. The molecule has 7 nitrogen and oxygen atoms in total. The third-order valence-corrected chi connectivity index (χ3v) is 5.10. The first-order chi connectivity index (χ1) is 12.7.